The number of carboxylic acid groups (broad SMARTS) is 2. The van der Waals surface area contributed by atoms with Gasteiger partial charge in [0.15, 0.2) is 0 Å². The summed E-state index contributed by atoms with van der Waals surface area (Å²) in [5.41, 5.74) is 2.22. The summed E-state index contributed by atoms with van der Waals surface area (Å²) in [5.74, 6) is -5.51. The van der Waals surface area contributed by atoms with Crippen molar-refractivity contribution in [1.82, 2.24) is 9.88 Å². The number of furan rings is 1. The number of hydrogen-bond donors (Lipinski definition) is 2. The predicted octanol–water partition coefficient (Wildman–Crippen LogP) is 4.28. The first-order chi connectivity index (χ1) is 17.8. The lowest BCUT2D eigenvalue weighted by Crippen LogP contribution is -2.43. The van der Waals surface area contributed by atoms with Gasteiger partial charge in [-0.1, -0.05) is 6.07 Å². The van der Waals surface area contributed by atoms with Crippen LogP contribution in [0.25, 0.3) is 0 Å². The third-order valence-electron chi connectivity index (χ3n) is 5.48. The molecule has 2 aromatic rings. The summed E-state index contributed by atoms with van der Waals surface area (Å²) in [6.07, 6.45) is -0.878. The van der Waals surface area contributed by atoms with Gasteiger partial charge in [-0.15, -0.1) is 0 Å². The fourth-order valence-electron chi connectivity index (χ4n) is 3.80. The van der Waals surface area contributed by atoms with Gasteiger partial charge >= 0.3 is 24.3 Å². The smallest absolute Gasteiger partial charge is 0.475 e. The van der Waals surface area contributed by atoms with E-state index in [-0.39, 0.29) is 6.10 Å². The number of alkyl halides is 6. The molecule has 9 nitrogen and oxygen atoms in total. The van der Waals surface area contributed by atoms with E-state index in [2.05, 4.69) is 9.88 Å². The van der Waals surface area contributed by atoms with Gasteiger partial charge in [0, 0.05) is 30.9 Å². The molecule has 0 saturated carbocycles. The second-order valence-corrected chi connectivity index (χ2v) is 8.27. The average Bonchev–Trinajstić information content (AvgIpc) is 3.50. The minimum absolute atomic E-state index is 0.212. The maximum absolute atomic E-state index is 10.6. The summed E-state index contributed by atoms with van der Waals surface area (Å²) in [5, 5.41) is 14.2. The molecule has 0 spiro atoms. The minimum Gasteiger partial charge on any atom is -0.475 e. The Kier molecular flexibility index (Phi) is 11.5. The molecule has 4 heterocycles. The number of hydrogen-bond acceptors (Lipinski definition) is 7. The highest BCUT2D eigenvalue weighted by Crippen LogP contribution is 2.32. The highest BCUT2D eigenvalue weighted by Gasteiger charge is 2.40. The molecule has 15 heteroatoms. The van der Waals surface area contributed by atoms with E-state index in [0.717, 1.165) is 31.6 Å². The van der Waals surface area contributed by atoms with Crippen LogP contribution < -0.4 is 0 Å². The monoisotopic (exact) mass is 556 g/mol. The summed E-state index contributed by atoms with van der Waals surface area (Å²) in [7, 11) is 0. The lowest BCUT2D eigenvalue weighted by atomic mass is 9.99. The van der Waals surface area contributed by atoms with Crippen molar-refractivity contribution in [2.45, 2.75) is 63.0 Å². The fraction of sp³-hybridized carbons (Fsp3) is 0.522. The number of likely N-dealkylation sites (tertiary alicyclic amines) is 1. The Labute approximate surface area is 213 Å². The van der Waals surface area contributed by atoms with Gasteiger partial charge in [0.05, 0.1) is 43.6 Å². The van der Waals surface area contributed by atoms with Gasteiger partial charge < -0.3 is 24.1 Å². The number of carboxylic acids is 2. The first-order valence-corrected chi connectivity index (χ1v) is 11.3. The highest BCUT2D eigenvalue weighted by atomic mass is 19.4. The molecule has 0 aromatic carbocycles. The molecule has 2 aliphatic rings. The Morgan fingerprint density at radius 1 is 1.03 bits per heavy atom. The van der Waals surface area contributed by atoms with Crippen LogP contribution in [0.3, 0.4) is 0 Å². The molecule has 0 radical (unpaired) electrons. The molecule has 2 aliphatic heterocycles. The quantitative estimate of drug-likeness (QED) is 0.502. The maximum atomic E-state index is 10.6. The number of aliphatic carboxylic acids is 2. The summed E-state index contributed by atoms with van der Waals surface area (Å²) in [6.45, 7) is 3.27. The molecular formula is C23H26F6N2O7. The van der Waals surface area contributed by atoms with Crippen LogP contribution in [-0.2, 0) is 32.2 Å². The van der Waals surface area contributed by atoms with Crippen LogP contribution in [0.5, 0.6) is 0 Å². The Balaban J connectivity index is 0.000000301. The molecule has 2 aromatic heterocycles. The fourth-order valence-corrected chi connectivity index (χ4v) is 3.80. The van der Waals surface area contributed by atoms with Gasteiger partial charge in [0.1, 0.15) is 0 Å². The molecule has 2 saturated heterocycles. The lowest BCUT2D eigenvalue weighted by Gasteiger charge is -2.35. The first-order valence-electron chi connectivity index (χ1n) is 11.3. The second kappa shape index (κ2) is 14.1. The van der Waals surface area contributed by atoms with E-state index in [0.29, 0.717) is 25.4 Å². The van der Waals surface area contributed by atoms with Gasteiger partial charge in [-0.25, -0.2) is 9.59 Å². The van der Waals surface area contributed by atoms with Crippen molar-refractivity contribution < 1.29 is 60.0 Å². The van der Waals surface area contributed by atoms with E-state index >= 15 is 0 Å². The molecule has 2 fully saturated rings. The van der Waals surface area contributed by atoms with Gasteiger partial charge in [-0.05, 0) is 37.5 Å². The van der Waals surface area contributed by atoms with Gasteiger partial charge in [0.25, 0.3) is 0 Å². The third-order valence-corrected chi connectivity index (χ3v) is 5.48. The van der Waals surface area contributed by atoms with Crippen LogP contribution in [-0.4, -0.2) is 75.8 Å². The third kappa shape index (κ3) is 10.7. The zero-order valence-electron chi connectivity index (χ0n) is 19.8. The van der Waals surface area contributed by atoms with Crippen LogP contribution >= 0.6 is 0 Å². The number of aromatic nitrogens is 1. The van der Waals surface area contributed by atoms with Crippen LogP contribution in [0, 0.1) is 0 Å². The summed E-state index contributed by atoms with van der Waals surface area (Å²) in [4.78, 5) is 24.6. The largest absolute Gasteiger partial charge is 0.490 e. The number of rotatable bonds is 6. The van der Waals surface area contributed by atoms with Crippen LogP contribution in [0.1, 0.15) is 30.5 Å². The average molecular weight is 556 g/mol. The maximum Gasteiger partial charge on any atom is 0.490 e. The number of carbonyl (C=O) groups is 2. The molecular weight excluding hydrogens is 530 g/mol. The Hall–Kier alpha value is -3.17. The summed E-state index contributed by atoms with van der Waals surface area (Å²) in [6, 6.07) is 8.48. The zero-order chi connectivity index (χ0) is 28.3. The minimum atomic E-state index is -5.08. The van der Waals surface area contributed by atoms with E-state index < -0.39 is 24.3 Å². The molecule has 0 amide bonds. The summed E-state index contributed by atoms with van der Waals surface area (Å²) >= 11 is 0. The van der Waals surface area contributed by atoms with Crippen molar-refractivity contribution in [1.29, 1.82) is 0 Å². The van der Waals surface area contributed by atoms with Crippen molar-refractivity contribution in [3.05, 3.63) is 54.2 Å². The molecule has 38 heavy (non-hydrogen) atoms. The number of pyridine rings is 1. The van der Waals surface area contributed by atoms with E-state index in [1.54, 1.807) is 12.5 Å². The molecule has 0 unspecified atom stereocenters. The molecule has 2 N–H and O–H groups in total. The topological polar surface area (TPSA) is 122 Å². The lowest BCUT2D eigenvalue weighted by molar-refractivity contribution is -0.193. The summed E-state index contributed by atoms with van der Waals surface area (Å²) < 4.78 is 80.7. The molecule has 4 rings (SSSR count). The number of halogens is 6. The molecule has 0 aliphatic carbocycles. The Morgan fingerprint density at radius 3 is 2.21 bits per heavy atom. The van der Waals surface area contributed by atoms with Crippen LogP contribution in [0.4, 0.5) is 26.3 Å². The first kappa shape index (κ1) is 31.1. The SMILES string of the molecule is O=C(O)C(F)(F)F.O=C(O)C(F)(F)F.c1ccc(COC[C@H]2CC[C@H]3[C@H](CCN3Cc3ccoc3)O2)nc1. The van der Waals surface area contributed by atoms with E-state index in [9.17, 15) is 26.3 Å². The normalized spacial score (nSPS) is 21.4. The van der Waals surface area contributed by atoms with Crippen molar-refractivity contribution in [3.8, 4) is 0 Å². The Bertz CT molecular complexity index is 962. The van der Waals surface area contributed by atoms with Gasteiger partial charge in [-0.2, -0.15) is 26.3 Å². The van der Waals surface area contributed by atoms with E-state index in [1.165, 1.54) is 12.0 Å². The zero-order valence-corrected chi connectivity index (χ0v) is 19.8. The molecule has 3 atom stereocenters. The predicted molar refractivity (Wildman–Crippen MR) is 117 cm³/mol. The van der Waals surface area contributed by atoms with Crippen LogP contribution in [0.15, 0.2) is 47.4 Å². The number of ether oxygens (including phenoxy) is 2. The highest BCUT2D eigenvalue weighted by molar-refractivity contribution is 5.73. The second-order valence-electron chi connectivity index (χ2n) is 8.27. The van der Waals surface area contributed by atoms with Gasteiger partial charge in [-0.3, -0.25) is 9.88 Å². The van der Waals surface area contributed by atoms with E-state index in [1.807, 2.05) is 30.5 Å². The van der Waals surface area contributed by atoms with Gasteiger partial charge in [0.2, 0.25) is 0 Å². The molecule has 212 valence electrons. The number of nitrogens with zero attached hydrogens (tertiary/aromatic N) is 2. The van der Waals surface area contributed by atoms with Crippen molar-refractivity contribution in [2.75, 3.05) is 13.2 Å². The van der Waals surface area contributed by atoms with Crippen molar-refractivity contribution in [2.24, 2.45) is 0 Å². The molecule has 0 bridgehead atoms. The number of fused-ring (bicyclic) bond motifs is 1. The van der Waals surface area contributed by atoms with Crippen molar-refractivity contribution in [3.63, 3.8) is 0 Å². The Morgan fingerprint density at radius 2 is 1.68 bits per heavy atom. The van der Waals surface area contributed by atoms with E-state index in [4.69, 9.17) is 33.7 Å². The standard InChI is InChI=1S/C19H24N2O3.2C2HF3O2/c1-2-8-20-16(3-1)13-23-14-17-4-5-18-19(24-17)6-9-21(18)11-15-7-10-22-12-15;2*3-2(4,5)1(6)7/h1-3,7-8,10,12,17-19H,4-6,9,11,13-14H2;2*(H,6,7)/t17-,18+,19+;;/m1../s1. The van der Waals surface area contributed by atoms with Crippen molar-refractivity contribution >= 4 is 11.9 Å². The van der Waals surface area contributed by atoms with Crippen LogP contribution in [0.2, 0.25) is 0 Å².